The SMILES string of the molecule is CCNc1nc(-c2ncc(Br)cc2Br)nc(C)c1C(C)C. The minimum Gasteiger partial charge on any atom is -0.370 e. The molecule has 0 fully saturated rings. The fourth-order valence-corrected chi connectivity index (χ4v) is 3.42. The van der Waals surface area contributed by atoms with Crippen LogP contribution in [0.15, 0.2) is 21.2 Å². The maximum Gasteiger partial charge on any atom is 0.181 e. The van der Waals surface area contributed by atoms with Crippen LogP contribution in [0.25, 0.3) is 11.5 Å². The second-order valence-electron chi connectivity index (χ2n) is 5.06. The Morgan fingerprint density at radius 3 is 2.52 bits per heavy atom. The van der Waals surface area contributed by atoms with Crippen molar-refractivity contribution < 1.29 is 0 Å². The Balaban J connectivity index is 2.60. The summed E-state index contributed by atoms with van der Waals surface area (Å²) in [6.45, 7) is 9.22. The molecule has 0 radical (unpaired) electrons. The molecule has 21 heavy (non-hydrogen) atoms. The van der Waals surface area contributed by atoms with Crippen LogP contribution in [0.2, 0.25) is 0 Å². The summed E-state index contributed by atoms with van der Waals surface area (Å²) in [5.41, 5.74) is 2.90. The van der Waals surface area contributed by atoms with E-state index in [1.165, 1.54) is 0 Å². The topological polar surface area (TPSA) is 50.7 Å². The number of nitrogens with one attached hydrogen (secondary N) is 1. The van der Waals surface area contributed by atoms with Crippen molar-refractivity contribution in [2.75, 3.05) is 11.9 Å². The Morgan fingerprint density at radius 1 is 1.24 bits per heavy atom. The van der Waals surface area contributed by atoms with Gasteiger partial charge in [0.1, 0.15) is 11.5 Å². The average Bonchev–Trinajstić information content (AvgIpc) is 2.37. The summed E-state index contributed by atoms with van der Waals surface area (Å²) in [5.74, 6) is 1.90. The van der Waals surface area contributed by atoms with Crippen LogP contribution in [0.1, 0.15) is 37.9 Å². The Hall–Kier alpha value is -1.01. The molecule has 0 unspecified atom stereocenters. The summed E-state index contributed by atoms with van der Waals surface area (Å²) in [4.78, 5) is 13.7. The van der Waals surface area contributed by atoms with Crippen LogP contribution in [-0.4, -0.2) is 21.5 Å². The number of aromatic nitrogens is 3. The minimum atomic E-state index is 0.370. The molecule has 0 spiro atoms. The van der Waals surface area contributed by atoms with Gasteiger partial charge in [0.2, 0.25) is 0 Å². The Kier molecular flexibility index (Phi) is 5.32. The van der Waals surface area contributed by atoms with Gasteiger partial charge in [0.15, 0.2) is 5.82 Å². The molecule has 0 aromatic carbocycles. The number of hydrogen-bond acceptors (Lipinski definition) is 4. The predicted molar refractivity (Wildman–Crippen MR) is 93.7 cm³/mol. The number of nitrogens with zero attached hydrogens (tertiary/aromatic N) is 3. The lowest BCUT2D eigenvalue weighted by Crippen LogP contribution is -2.10. The van der Waals surface area contributed by atoms with Crippen LogP contribution in [-0.2, 0) is 0 Å². The molecule has 0 saturated heterocycles. The molecule has 6 heteroatoms. The maximum absolute atomic E-state index is 4.68. The van der Waals surface area contributed by atoms with Gasteiger partial charge < -0.3 is 5.32 Å². The first-order valence-electron chi connectivity index (χ1n) is 6.87. The first kappa shape index (κ1) is 16.4. The summed E-state index contributed by atoms with van der Waals surface area (Å²) in [5, 5.41) is 3.34. The molecule has 0 amide bonds. The van der Waals surface area contributed by atoms with Crippen molar-refractivity contribution in [1.29, 1.82) is 0 Å². The van der Waals surface area contributed by atoms with Crippen LogP contribution in [0.3, 0.4) is 0 Å². The molecule has 2 rings (SSSR count). The summed E-state index contributed by atoms with van der Waals surface area (Å²) in [6.07, 6.45) is 1.75. The van der Waals surface area contributed by atoms with E-state index in [1.54, 1.807) is 6.20 Å². The van der Waals surface area contributed by atoms with Crippen LogP contribution in [0, 0.1) is 6.92 Å². The van der Waals surface area contributed by atoms with Crippen molar-refractivity contribution in [3.63, 3.8) is 0 Å². The third kappa shape index (κ3) is 3.61. The Morgan fingerprint density at radius 2 is 1.95 bits per heavy atom. The van der Waals surface area contributed by atoms with Crippen molar-refractivity contribution in [3.05, 3.63) is 32.5 Å². The van der Waals surface area contributed by atoms with E-state index in [0.29, 0.717) is 11.7 Å². The van der Waals surface area contributed by atoms with Crippen molar-refractivity contribution in [2.45, 2.75) is 33.6 Å². The van der Waals surface area contributed by atoms with Gasteiger partial charge in [-0.3, -0.25) is 4.98 Å². The highest BCUT2D eigenvalue weighted by atomic mass is 79.9. The summed E-state index contributed by atoms with van der Waals surface area (Å²) < 4.78 is 1.79. The van der Waals surface area contributed by atoms with E-state index in [1.807, 2.05) is 13.0 Å². The zero-order chi connectivity index (χ0) is 15.6. The van der Waals surface area contributed by atoms with Crippen molar-refractivity contribution in [1.82, 2.24) is 15.0 Å². The van der Waals surface area contributed by atoms with Crippen molar-refractivity contribution in [3.8, 4) is 11.5 Å². The van der Waals surface area contributed by atoms with E-state index in [9.17, 15) is 0 Å². The van der Waals surface area contributed by atoms with Crippen LogP contribution in [0.4, 0.5) is 5.82 Å². The van der Waals surface area contributed by atoms with Crippen LogP contribution >= 0.6 is 31.9 Å². The maximum atomic E-state index is 4.68. The molecule has 0 atom stereocenters. The van der Waals surface area contributed by atoms with Gasteiger partial charge in [0.05, 0.1) is 0 Å². The lowest BCUT2D eigenvalue weighted by Gasteiger charge is -2.16. The molecular weight excluding hydrogens is 396 g/mol. The fourth-order valence-electron chi connectivity index (χ4n) is 2.26. The van der Waals surface area contributed by atoms with Gasteiger partial charge in [-0.05, 0) is 57.7 Å². The van der Waals surface area contributed by atoms with Gasteiger partial charge in [-0.2, -0.15) is 0 Å². The quantitative estimate of drug-likeness (QED) is 0.772. The molecule has 2 aromatic rings. The van der Waals surface area contributed by atoms with Crippen molar-refractivity contribution in [2.24, 2.45) is 0 Å². The molecule has 0 saturated carbocycles. The zero-order valence-corrected chi connectivity index (χ0v) is 15.7. The van der Waals surface area contributed by atoms with Gasteiger partial charge in [0.25, 0.3) is 0 Å². The second-order valence-corrected chi connectivity index (χ2v) is 6.83. The average molecular weight is 414 g/mol. The second kappa shape index (κ2) is 6.83. The van der Waals surface area contributed by atoms with E-state index >= 15 is 0 Å². The number of hydrogen-bond donors (Lipinski definition) is 1. The zero-order valence-electron chi connectivity index (χ0n) is 12.5. The molecular formula is C15H18Br2N4. The monoisotopic (exact) mass is 412 g/mol. The highest BCUT2D eigenvalue weighted by molar-refractivity contribution is 9.11. The molecule has 2 aromatic heterocycles. The van der Waals surface area contributed by atoms with E-state index < -0.39 is 0 Å². The first-order chi connectivity index (χ1) is 9.93. The summed E-state index contributed by atoms with van der Waals surface area (Å²) in [6, 6.07) is 1.95. The number of rotatable bonds is 4. The predicted octanol–water partition coefficient (Wildman–Crippen LogP) is 4.93. The van der Waals surface area contributed by atoms with E-state index in [-0.39, 0.29) is 0 Å². The van der Waals surface area contributed by atoms with Gasteiger partial charge >= 0.3 is 0 Å². The van der Waals surface area contributed by atoms with E-state index in [4.69, 9.17) is 0 Å². The molecule has 0 aliphatic rings. The number of pyridine rings is 1. The number of anilines is 1. The third-order valence-electron chi connectivity index (χ3n) is 3.08. The first-order valence-corrected chi connectivity index (χ1v) is 8.46. The molecule has 1 N–H and O–H groups in total. The van der Waals surface area contributed by atoms with Crippen LogP contribution in [0.5, 0.6) is 0 Å². The third-order valence-corrected chi connectivity index (χ3v) is 4.12. The fraction of sp³-hybridized carbons (Fsp3) is 0.400. The highest BCUT2D eigenvalue weighted by Gasteiger charge is 2.17. The normalized spacial score (nSPS) is 11.0. The molecule has 112 valence electrons. The summed E-state index contributed by atoms with van der Waals surface area (Å²) in [7, 11) is 0. The number of aryl methyl sites for hydroxylation is 1. The molecule has 0 bridgehead atoms. The van der Waals surface area contributed by atoms with Crippen molar-refractivity contribution >= 4 is 37.7 Å². The van der Waals surface area contributed by atoms with Gasteiger partial charge in [-0.25, -0.2) is 9.97 Å². The Bertz CT molecular complexity index is 656. The van der Waals surface area contributed by atoms with E-state index in [0.717, 1.165) is 38.3 Å². The highest BCUT2D eigenvalue weighted by Crippen LogP contribution is 2.31. The van der Waals surface area contributed by atoms with Crippen LogP contribution < -0.4 is 5.32 Å². The minimum absolute atomic E-state index is 0.370. The van der Waals surface area contributed by atoms with Gasteiger partial charge in [-0.1, -0.05) is 13.8 Å². The lowest BCUT2D eigenvalue weighted by atomic mass is 10.0. The Labute approximate surface area is 142 Å². The molecule has 2 heterocycles. The largest absolute Gasteiger partial charge is 0.370 e. The van der Waals surface area contributed by atoms with Gasteiger partial charge in [0, 0.05) is 32.9 Å². The molecule has 0 aliphatic heterocycles. The standard InChI is InChI=1S/C15H18Br2N4/c1-5-18-14-12(8(2)3)9(4)20-15(21-14)13-11(17)6-10(16)7-19-13/h6-8H,5H2,1-4H3,(H,18,20,21). The molecule has 0 aliphatic carbocycles. The van der Waals surface area contributed by atoms with Gasteiger partial charge in [-0.15, -0.1) is 0 Å². The smallest absolute Gasteiger partial charge is 0.181 e. The summed E-state index contributed by atoms with van der Waals surface area (Å²) >= 11 is 6.93. The van der Waals surface area contributed by atoms with E-state index in [2.05, 4.69) is 72.9 Å². The molecule has 4 nitrogen and oxygen atoms in total. The number of halogens is 2. The lowest BCUT2D eigenvalue weighted by molar-refractivity contribution is 0.830.